The standard InChI is InChI=1S/C19H24N2O3S/c1-13-7-6-8-17(11-13)21(25(5,23)24)16(4)19(22)20-18-12-14(2)9-10-15(18)3/h6-12,16H,1-5H3,(H,20,22)/t16-/m1/s1. The van der Waals surface area contributed by atoms with Gasteiger partial charge in [0, 0.05) is 5.69 Å². The fraction of sp³-hybridized carbons (Fsp3) is 0.316. The topological polar surface area (TPSA) is 66.5 Å². The molecular formula is C19H24N2O3S. The second kappa shape index (κ2) is 7.27. The fourth-order valence-electron chi connectivity index (χ4n) is 2.68. The third-order valence-corrected chi connectivity index (χ3v) is 5.24. The quantitative estimate of drug-likeness (QED) is 0.888. The lowest BCUT2D eigenvalue weighted by molar-refractivity contribution is -0.116. The first kappa shape index (κ1) is 19.0. The number of hydrogen-bond donors (Lipinski definition) is 1. The summed E-state index contributed by atoms with van der Waals surface area (Å²) in [5.74, 6) is -0.374. The largest absolute Gasteiger partial charge is 0.324 e. The summed E-state index contributed by atoms with van der Waals surface area (Å²) in [4.78, 5) is 12.7. The minimum absolute atomic E-state index is 0.374. The van der Waals surface area contributed by atoms with Gasteiger partial charge in [-0.25, -0.2) is 8.42 Å². The van der Waals surface area contributed by atoms with E-state index in [0.717, 1.165) is 27.3 Å². The van der Waals surface area contributed by atoms with Crippen LogP contribution in [0.15, 0.2) is 42.5 Å². The molecule has 2 aromatic carbocycles. The molecule has 0 bridgehead atoms. The zero-order valence-electron chi connectivity index (χ0n) is 15.2. The number of nitrogens with zero attached hydrogens (tertiary/aromatic N) is 1. The third-order valence-electron chi connectivity index (χ3n) is 4.00. The first-order valence-electron chi connectivity index (χ1n) is 8.04. The predicted octanol–water partition coefficient (Wildman–Crippen LogP) is 3.41. The molecule has 1 N–H and O–H groups in total. The number of sulfonamides is 1. The maximum Gasteiger partial charge on any atom is 0.248 e. The van der Waals surface area contributed by atoms with Crippen LogP contribution in [0.1, 0.15) is 23.6 Å². The highest BCUT2D eigenvalue weighted by Gasteiger charge is 2.29. The summed E-state index contributed by atoms with van der Waals surface area (Å²) in [5, 5.41) is 2.84. The van der Waals surface area contributed by atoms with Crippen molar-refractivity contribution in [2.75, 3.05) is 15.9 Å². The van der Waals surface area contributed by atoms with Crippen LogP contribution < -0.4 is 9.62 Å². The molecule has 5 nitrogen and oxygen atoms in total. The van der Waals surface area contributed by atoms with E-state index in [1.807, 2.05) is 45.0 Å². The lowest BCUT2D eigenvalue weighted by atomic mass is 10.1. The van der Waals surface area contributed by atoms with Crippen LogP contribution in [0.3, 0.4) is 0 Å². The number of nitrogens with one attached hydrogen (secondary N) is 1. The average Bonchev–Trinajstić information content (AvgIpc) is 2.49. The molecule has 0 spiro atoms. The predicted molar refractivity (Wildman–Crippen MR) is 103 cm³/mol. The van der Waals surface area contributed by atoms with Gasteiger partial charge in [-0.1, -0.05) is 24.3 Å². The van der Waals surface area contributed by atoms with Gasteiger partial charge < -0.3 is 5.32 Å². The van der Waals surface area contributed by atoms with E-state index in [9.17, 15) is 13.2 Å². The van der Waals surface area contributed by atoms with E-state index in [-0.39, 0.29) is 5.91 Å². The van der Waals surface area contributed by atoms with Gasteiger partial charge in [0.1, 0.15) is 6.04 Å². The van der Waals surface area contributed by atoms with Gasteiger partial charge in [-0.15, -0.1) is 0 Å². The number of anilines is 2. The molecule has 0 heterocycles. The molecule has 134 valence electrons. The van der Waals surface area contributed by atoms with Gasteiger partial charge in [0.15, 0.2) is 0 Å². The molecule has 25 heavy (non-hydrogen) atoms. The maximum absolute atomic E-state index is 12.7. The minimum Gasteiger partial charge on any atom is -0.324 e. The van der Waals surface area contributed by atoms with Crippen LogP contribution in [-0.4, -0.2) is 26.6 Å². The summed E-state index contributed by atoms with van der Waals surface area (Å²) in [6, 6.07) is 12.0. The second-order valence-electron chi connectivity index (χ2n) is 6.38. The van der Waals surface area contributed by atoms with Crippen LogP contribution in [0.5, 0.6) is 0 Å². The molecule has 2 aromatic rings. The van der Waals surface area contributed by atoms with Gasteiger partial charge in [0.25, 0.3) is 0 Å². The maximum atomic E-state index is 12.7. The van der Waals surface area contributed by atoms with Crippen LogP contribution in [0.2, 0.25) is 0 Å². The van der Waals surface area contributed by atoms with E-state index >= 15 is 0 Å². The molecule has 1 atom stereocenters. The number of amides is 1. The average molecular weight is 360 g/mol. The second-order valence-corrected chi connectivity index (χ2v) is 8.24. The monoisotopic (exact) mass is 360 g/mol. The molecule has 0 saturated heterocycles. The summed E-state index contributed by atoms with van der Waals surface area (Å²) in [6.45, 7) is 7.30. The SMILES string of the molecule is Cc1cccc(N([C@H](C)C(=O)Nc2cc(C)ccc2C)S(C)(=O)=O)c1. The number of carbonyl (C=O) groups is 1. The van der Waals surface area contributed by atoms with E-state index in [2.05, 4.69) is 5.32 Å². The molecule has 0 saturated carbocycles. The number of carbonyl (C=O) groups excluding carboxylic acids is 1. The first-order chi connectivity index (χ1) is 11.6. The molecule has 0 fully saturated rings. The number of hydrogen-bond acceptors (Lipinski definition) is 3. The zero-order valence-corrected chi connectivity index (χ0v) is 16.0. The molecule has 1 amide bonds. The number of rotatable bonds is 5. The van der Waals surface area contributed by atoms with Crippen molar-refractivity contribution in [1.82, 2.24) is 0 Å². The van der Waals surface area contributed by atoms with Crippen molar-refractivity contribution < 1.29 is 13.2 Å². The first-order valence-corrected chi connectivity index (χ1v) is 9.88. The van der Waals surface area contributed by atoms with E-state index in [1.165, 1.54) is 0 Å². The molecule has 0 aliphatic rings. The Hall–Kier alpha value is -2.34. The normalized spacial score (nSPS) is 12.5. The van der Waals surface area contributed by atoms with Gasteiger partial charge in [0.05, 0.1) is 11.9 Å². The summed E-state index contributed by atoms with van der Waals surface area (Å²) in [6.07, 6.45) is 1.11. The van der Waals surface area contributed by atoms with E-state index in [1.54, 1.807) is 25.1 Å². The van der Waals surface area contributed by atoms with Crippen LogP contribution in [0.25, 0.3) is 0 Å². The molecule has 0 aliphatic carbocycles. The van der Waals surface area contributed by atoms with Gasteiger partial charge >= 0.3 is 0 Å². The molecular weight excluding hydrogens is 336 g/mol. The highest BCUT2D eigenvalue weighted by Crippen LogP contribution is 2.23. The summed E-state index contributed by atoms with van der Waals surface area (Å²) in [7, 11) is -3.62. The number of benzene rings is 2. The van der Waals surface area contributed by atoms with Gasteiger partial charge in [-0.05, 0) is 62.6 Å². The molecule has 0 aliphatic heterocycles. The molecule has 6 heteroatoms. The Morgan fingerprint density at radius 1 is 1.04 bits per heavy atom. The van der Waals surface area contributed by atoms with Crippen LogP contribution in [0, 0.1) is 20.8 Å². The van der Waals surface area contributed by atoms with E-state index < -0.39 is 16.1 Å². The highest BCUT2D eigenvalue weighted by atomic mass is 32.2. The summed E-state index contributed by atoms with van der Waals surface area (Å²) in [5.41, 5.74) is 4.04. The van der Waals surface area contributed by atoms with Crippen molar-refractivity contribution in [2.45, 2.75) is 33.7 Å². The lowest BCUT2D eigenvalue weighted by Crippen LogP contribution is -2.45. The zero-order chi connectivity index (χ0) is 18.8. The van der Waals surface area contributed by atoms with Gasteiger partial charge in [-0.2, -0.15) is 0 Å². The van der Waals surface area contributed by atoms with Crippen LogP contribution in [-0.2, 0) is 14.8 Å². The van der Waals surface area contributed by atoms with E-state index in [4.69, 9.17) is 0 Å². The molecule has 2 rings (SSSR count). The van der Waals surface area contributed by atoms with Crippen LogP contribution >= 0.6 is 0 Å². The Morgan fingerprint density at radius 2 is 1.68 bits per heavy atom. The molecule has 0 radical (unpaired) electrons. The van der Waals surface area contributed by atoms with Crippen molar-refractivity contribution in [2.24, 2.45) is 0 Å². The Labute approximate surface area is 149 Å². The smallest absolute Gasteiger partial charge is 0.248 e. The van der Waals surface area contributed by atoms with Crippen molar-refractivity contribution in [3.05, 3.63) is 59.2 Å². The van der Waals surface area contributed by atoms with Crippen LogP contribution in [0.4, 0.5) is 11.4 Å². The fourth-order valence-corrected chi connectivity index (χ4v) is 3.85. The van der Waals surface area contributed by atoms with Crippen molar-refractivity contribution in [3.63, 3.8) is 0 Å². The number of aryl methyl sites for hydroxylation is 3. The highest BCUT2D eigenvalue weighted by molar-refractivity contribution is 7.92. The van der Waals surface area contributed by atoms with Gasteiger partial charge in [0.2, 0.25) is 15.9 Å². The van der Waals surface area contributed by atoms with Crippen molar-refractivity contribution in [3.8, 4) is 0 Å². The minimum atomic E-state index is -3.62. The third kappa shape index (κ3) is 4.60. The summed E-state index contributed by atoms with van der Waals surface area (Å²) >= 11 is 0. The Kier molecular flexibility index (Phi) is 5.52. The van der Waals surface area contributed by atoms with Crippen molar-refractivity contribution >= 4 is 27.3 Å². The van der Waals surface area contributed by atoms with E-state index in [0.29, 0.717) is 11.4 Å². The van der Waals surface area contributed by atoms with Crippen molar-refractivity contribution in [1.29, 1.82) is 0 Å². The Balaban J connectivity index is 2.35. The Morgan fingerprint density at radius 3 is 2.28 bits per heavy atom. The molecule has 0 unspecified atom stereocenters. The lowest BCUT2D eigenvalue weighted by Gasteiger charge is -2.28. The molecule has 0 aromatic heterocycles. The van der Waals surface area contributed by atoms with Gasteiger partial charge in [-0.3, -0.25) is 9.10 Å². The summed E-state index contributed by atoms with van der Waals surface area (Å²) < 4.78 is 25.8. The Bertz CT molecular complexity index is 891.